The fourth-order valence-corrected chi connectivity index (χ4v) is 6.24. The lowest BCUT2D eigenvalue weighted by molar-refractivity contribution is 1.34. The van der Waals surface area contributed by atoms with Crippen molar-refractivity contribution in [3.63, 3.8) is 0 Å². The van der Waals surface area contributed by atoms with Crippen LogP contribution >= 0.6 is 0 Å². The molecule has 1 radical (unpaired) electrons. The number of allylic oxidation sites excluding steroid dienone is 4. The second kappa shape index (κ2) is 9.57. The Morgan fingerprint density at radius 3 is 2.08 bits per heavy atom. The fourth-order valence-electron chi connectivity index (χ4n) is 6.24. The Kier molecular flexibility index (Phi) is 5.75. The molecule has 0 aromatic heterocycles. The average Bonchev–Trinajstić information content (AvgIpc) is 3.59. The molecule has 0 unspecified atom stereocenters. The van der Waals surface area contributed by atoms with Crippen molar-refractivity contribution in [2.45, 2.75) is 20.3 Å². The van der Waals surface area contributed by atoms with Crippen LogP contribution in [0.1, 0.15) is 45.4 Å². The van der Waals surface area contributed by atoms with Gasteiger partial charge in [0.1, 0.15) is 0 Å². The molecule has 0 amide bonds. The molecule has 39 heavy (non-hydrogen) atoms. The Morgan fingerprint density at radius 2 is 1.36 bits per heavy atom. The summed E-state index contributed by atoms with van der Waals surface area (Å²) in [6.07, 6.45) is 9.39. The minimum atomic E-state index is 0.904. The summed E-state index contributed by atoms with van der Waals surface area (Å²) >= 11 is 0. The van der Waals surface area contributed by atoms with E-state index in [9.17, 15) is 0 Å². The van der Waals surface area contributed by atoms with E-state index in [0.717, 1.165) is 6.42 Å². The van der Waals surface area contributed by atoms with Crippen LogP contribution in [0.3, 0.4) is 0 Å². The molecule has 2 aliphatic rings. The van der Waals surface area contributed by atoms with Crippen molar-refractivity contribution in [2.75, 3.05) is 0 Å². The van der Waals surface area contributed by atoms with Crippen molar-refractivity contribution in [1.29, 1.82) is 0 Å². The number of hydrogen-bond donors (Lipinski definition) is 0. The molecule has 185 valence electrons. The monoisotopic (exact) mass is 497 g/mol. The molecule has 5 aromatic carbocycles. The van der Waals surface area contributed by atoms with E-state index in [2.05, 4.69) is 147 Å². The smallest absolute Gasteiger partial charge is 0.000730 e. The molecule has 0 N–H and O–H groups in total. The maximum atomic E-state index is 3.84. The first-order valence-corrected chi connectivity index (χ1v) is 13.7. The number of aryl methyl sites for hydroxylation is 2. The summed E-state index contributed by atoms with van der Waals surface area (Å²) in [6, 6.07) is 41.8. The molecule has 0 nitrogen and oxygen atoms in total. The van der Waals surface area contributed by atoms with Crippen LogP contribution in [0, 0.1) is 24.3 Å². The summed E-state index contributed by atoms with van der Waals surface area (Å²) in [6.45, 7) is 4.40. The third kappa shape index (κ3) is 4.01. The van der Waals surface area contributed by atoms with Crippen molar-refractivity contribution >= 4 is 22.8 Å². The van der Waals surface area contributed by atoms with Gasteiger partial charge in [0, 0.05) is 0 Å². The standard InChI is InChI=1S/C39H29/c1-26-20-21-31(27(2)24-26)33-18-11-19-35(33)39-36(23-22-34-32-17-10-9-16-30(32)25-37(34)39)38(28-12-5-3-6-13-28)29-14-7-4-8-15-29/h3-18,20-24H,19H2,1-2H3. The highest BCUT2D eigenvalue weighted by molar-refractivity contribution is 6.02. The van der Waals surface area contributed by atoms with Crippen LogP contribution in [0.2, 0.25) is 0 Å². The highest BCUT2D eigenvalue weighted by Crippen LogP contribution is 2.38. The van der Waals surface area contributed by atoms with Crippen LogP contribution in [0.4, 0.5) is 0 Å². The third-order valence-electron chi connectivity index (χ3n) is 7.98. The maximum absolute atomic E-state index is 3.84. The quantitative estimate of drug-likeness (QED) is 0.234. The Balaban J connectivity index is 1.67. The molecule has 0 saturated carbocycles. The van der Waals surface area contributed by atoms with Gasteiger partial charge in [-0.3, -0.25) is 0 Å². The van der Waals surface area contributed by atoms with E-state index >= 15 is 0 Å². The largest absolute Gasteiger partial charge is 0.0795 e. The molecule has 0 spiro atoms. The highest BCUT2D eigenvalue weighted by atomic mass is 14.2. The number of hydrogen-bond acceptors (Lipinski definition) is 0. The molecule has 0 fully saturated rings. The van der Waals surface area contributed by atoms with Crippen LogP contribution in [-0.2, 0) is 0 Å². The van der Waals surface area contributed by atoms with Gasteiger partial charge in [0.15, 0.2) is 0 Å². The molecule has 5 aromatic rings. The molecule has 0 saturated heterocycles. The summed E-state index contributed by atoms with van der Waals surface area (Å²) in [5.41, 5.74) is 12.8. The van der Waals surface area contributed by atoms with E-state index < -0.39 is 0 Å². The zero-order chi connectivity index (χ0) is 26.3. The van der Waals surface area contributed by atoms with Crippen LogP contribution in [0.15, 0.2) is 127 Å². The van der Waals surface area contributed by atoms with Gasteiger partial charge in [-0.05, 0) is 97.3 Å². The predicted molar refractivity (Wildman–Crippen MR) is 163 cm³/mol. The van der Waals surface area contributed by atoms with Crippen LogP contribution in [0.5, 0.6) is 0 Å². The van der Waals surface area contributed by atoms with Crippen molar-refractivity contribution in [3.05, 3.63) is 187 Å². The Bertz CT molecular complexity index is 1980. The molecular formula is C39H29. The highest BCUT2D eigenvalue weighted by Gasteiger charge is 2.22. The average molecular weight is 498 g/mol. The number of benzene rings is 5. The minimum absolute atomic E-state index is 0.904. The van der Waals surface area contributed by atoms with Gasteiger partial charge in [0.05, 0.1) is 0 Å². The SMILES string of the molecule is Cc1ccc(C2=C(c3c4c(ccc3=C(c3ccccc3)c3ccccc3)=c3ccccc3=[C]4)CC=C2)c(C)c1. The summed E-state index contributed by atoms with van der Waals surface area (Å²) in [5, 5.41) is 4.96. The van der Waals surface area contributed by atoms with Gasteiger partial charge in [-0.15, -0.1) is 0 Å². The van der Waals surface area contributed by atoms with Gasteiger partial charge in [-0.1, -0.05) is 133 Å². The molecule has 0 aliphatic heterocycles. The first kappa shape index (κ1) is 23.4. The van der Waals surface area contributed by atoms with Gasteiger partial charge in [0.25, 0.3) is 0 Å². The van der Waals surface area contributed by atoms with E-state index in [1.165, 1.54) is 76.5 Å². The van der Waals surface area contributed by atoms with E-state index in [1.54, 1.807) is 0 Å². The number of rotatable bonds is 4. The van der Waals surface area contributed by atoms with Crippen LogP contribution < -0.4 is 10.4 Å². The second-order valence-electron chi connectivity index (χ2n) is 10.5. The van der Waals surface area contributed by atoms with Crippen molar-refractivity contribution < 1.29 is 0 Å². The van der Waals surface area contributed by atoms with Crippen molar-refractivity contribution in [3.8, 4) is 0 Å². The first-order valence-electron chi connectivity index (χ1n) is 13.7. The first-order chi connectivity index (χ1) is 19.2. The molecule has 7 rings (SSSR count). The lowest BCUT2D eigenvalue weighted by atomic mass is 9.86. The molecule has 2 aliphatic carbocycles. The van der Waals surface area contributed by atoms with Crippen molar-refractivity contribution in [2.24, 2.45) is 0 Å². The van der Waals surface area contributed by atoms with Gasteiger partial charge < -0.3 is 0 Å². The molecule has 0 heterocycles. The third-order valence-corrected chi connectivity index (χ3v) is 7.98. The maximum Gasteiger partial charge on any atom is -0.000730 e. The van der Waals surface area contributed by atoms with Gasteiger partial charge in [-0.25, -0.2) is 0 Å². The lowest BCUT2D eigenvalue weighted by Crippen LogP contribution is -2.17. The Morgan fingerprint density at radius 1 is 0.667 bits per heavy atom. The fraction of sp³-hybridized carbons (Fsp3) is 0.0769. The van der Waals surface area contributed by atoms with E-state index in [1.807, 2.05) is 0 Å². The van der Waals surface area contributed by atoms with Crippen LogP contribution in [0.25, 0.3) is 22.8 Å². The summed E-state index contributed by atoms with van der Waals surface area (Å²) < 4.78 is 0. The van der Waals surface area contributed by atoms with E-state index in [-0.39, 0.29) is 0 Å². The number of fused-ring (bicyclic) bond motifs is 2. The molecule has 0 heteroatoms. The van der Waals surface area contributed by atoms with E-state index in [4.69, 9.17) is 0 Å². The minimum Gasteiger partial charge on any atom is -0.0795 e. The van der Waals surface area contributed by atoms with Crippen molar-refractivity contribution in [1.82, 2.24) is 0 Å². The Labute approximate surface area is 229 Å². The molecule has 0 bridgehead atoms. The predicted octanol–water partition coefficient (Wildman–Crippen LogP) is 7.73. The van der Waals surface area contributed by atoms with E-state index in [0.29, 0.717) is 0 Å². The Hall–Kier alpha value is -4.68. The normalized spacial score (nSPS) is 13.3. The zero-order valence-corrected chi connectivity index (χ0v) is 22.3. The lowest BCUT2D eigenvalue weighted by Gasteiger charge is -2.17. The summed E-state index contributed by atoms with van der Waals surface area (Å²) in [7, 11) is 0. The molecular weight excluding hydrogens is 468 g/mol. The van der Waals surface area contributed by atoms with Gasteiger partial charge in [0.2, 0.25) is 0 Å². The second-order valence-corrected chi connectivity index (χ2v) is 10.5. The van der Waals surface area contributed by atoms with Gasteiger partial charge >= 0.3 is 0 Å². The van der Waals surface area contributed by atoms with Gasteiger partial charge in [-0.2, -0.15) is 0 Å². The zero-order valence-electron chi connectivity index (χ0n) is 22.3. The topological polar surface area (TPSA) is 0 Å². The molecule has 0 atom stereocenters. The summed E-state index contributed by atoms with van der Waals surface area (Å²) in [5.74, 6) is 0. The van der Waals surface area contributed by atoms with Crippen LogP contribution in [-0.4, -0.2) is 0 Å². The summed E-state index contributed by atoms with van der Waals surface area (Å²) in [4.78, 5) is 0.